The van der Waals surface area contributed by atoms with Gasteiger partial charge in [0, 0.05) is 29.7 Å². The van der Waals surface area contributed by atoms with Crippen LogP contribution in [0.5, 0.6) is 5.75 Å². The van der Waals surface area contributed by atoms with Gasteiger partial charge in [0.05, 0.1) is 6.61 Å². The first-order valence-electron chi connectivity index (χ1n) is 4.94. The second-order valence-electron chi connectivity index (χ2n) is 3.40. The molecule has 84 valence electrons. The smallest absolute Gasteiger partial charge is 0.124 e. The number of aliphatic hydroxyl groups is 1. The third-order valence-corrected chi connectivity index (χ3v) is 2.26. The average molecular weight is 230 g/mol. The summed E-state index contributed by atoms with van der Waals surface area (Å²) in [6.45, 7) is 2.49. The van der Waals surface area contributed by atoms with Crippen LogP contribution >= 0.6 is 11.6 Å². The summed E-state index contributed by atoms with van der Waals surface area (Å²) >= 11 is 5.87. The van der Waals surface area contributed by atoms with E-state index in [1.54, 1.807) is 18.2 Å². The van der Waals surface area contributed by atoms with Crippen LogP contribution in [0.3, 0.4) is 0 Å². The lowest BCUT2D eigenvalue weighted by Crippen LogP contribution is -2.09. The Morgan fingerprint density at radius 3 is 2.87 bits per heavy atom. The Bertz CT molecular complexity index is 315. The van der Waals surface area contributed by atoms with Gasteiger partial charge >= 0.3 is 0 Å². The fourth-order valence-electron chi connectivity index (χ4n) is 1.25. The SMILES string of the molecule is CC(N)c1cc(Cl)ccc1OCCCO. The standard InChI is InChI=1S/C11H16ClNO2/c1-8(13)10-7-9(12)3-4-11(10)15-6-2-5-14/h3-4,7-8,14H,2,5-6,13H2,1H3. The number of rotatable bonds is 5. The van der Waals surface area contributed by atoms with E-state index in [0.29, 0.717) is 18.1 Å². The maximum absolute atomic E-state index is 8.64. The minimum atomic E-state index is -0.118. The predicted molar refractivity (Wildman–Crippen MR) is 61.3 cm³/mol. The molecule has 1 aromatic rings. The van der Waals surface area contributed by atoms with Crippen molar-refractivity contribution in [3.63, 3.8) is 0 Å². The van der Waals surface area contributed by atoms with Crippen molar-refractivity contribution in [1.82, 2.24) is 0 Å². The number of benzene rings is 1. The van der Waals surface area contributed by atoms with Crippen molar-refractivity contribution in [3.05, 3.63) is 28.8 Å². The second kappa shape index (κ2) is 5.95. The number of hydrogen-bond acceptors (Lipinski definition) is 3. The van der Waals surface area contributed by atoms with Gasteiger partial charge < -0.3 is 15.6 Å². The molecule has 4 heteroatoms. The lowest BCUT2D eigenvalue weighted by Gasteiger charge is -2.14. The summed E-state index contributed by atoms with van der Waals surface area (Å²) < 4.78 is 5.50. The van der Waals surface area contributed by atoms with Crippen molar-refractivity contribution in [2.24, 2.45) is 5.73 Å². The molecule has 0 bridgehead atoms. The normalized spacial score (nSPS) is 12.5. The number of nitrogens with two attached hydrogens (primary N) is 1. The summed E-state index contributed by atoms with van der Waals surface area (Å²) in [7, 11) is 0. The van der Waals surface area contributed by atoms with E-state index in [4.69, 9.17) is 27.2 Å². The topological polar surface area (TPSA) is 55.5 Å². The Labute approximate surface area is 94.8 Å². The van der Waals surface area contributed by atoms with Crippen molar-refractivity contribution in [3.8, 4) is 5.75 Å². The Hall–Kier alpha value is -0.770. The van der Waals surface area contributed by atoms with E-state index in [1.807, 2.05) is 6.92 Å². The van der Waals surface area contributed by atoms with E-state index in [1.165, 1.54) is 0 Å². The first kappa shape index (κ1) is 12.3. The molecule has 0 spiro atoms. The first-order valence-corrected chi connectivity index (χ1v) is 5.31. The molecule has 1 rings (SSSR count). The van der Waals surface area contributed by atoms with Gasteiger partial charge in [-0.3, -0.25) is 0 Å². The van der Waals surface area contributed by atoms with E-state index in [2.05, 4.69) is 0 Å². The highest BCUT2D eigenvalue weighted by molar-refractivity contribution is 6.30. The van der Waals surface area contributed by atoms with Gasteiger partial charge in [0.1, 0.15) is 5.75 Å². The highest BCUT2D eigenvalue weighted by atomic mass is 35.5. The van der Waals surface area contributed by atoms with Crippen molar-refractivity contribution < 1.29 is 9.84 Å². The summed E-state index contributed by atoms with van der Waals surface area (Å²) in [6.07, 6.45) is 0.612. The molecular weight excluding hydrogens is 214 g/mol. The molecule has 0 saturated carbocycles. The van der Waals surface area contributed by atoms with E-state index in [9.17, 15) is 0 Å². The van der Waals surface area contributed by atoms with Crippen LogP contribution in [0.1, 0.15) is 24.9 Å². The number of aliphatic hydroxyl groups excluding tert-OH is 1. The van der Waals surface area contributed by atoms with E-state index in [-0.39, 0.29) is 12.6 Å². The summed E-state index contributed by atoms with van der Waals surface area (Å²) in [4.78, 5) is 0. The zero-order valence-electron chi connectivity index (χ0n) is 8.74. The van der Waals surface area contributed by atoms with Gasteiger partial charge in [0.15, 0.2) is 0 Å². The maximum atomic E-state index is 8.64. The summed E-state index contributed by atoms with van der Waals surface area (Å²) in [5.41, 5.74) is 6.69. The van der Waals surface area contributed by atoms with Crippen LogP contribution in [0.25, 0.3) is 0 Å². The Morgan fingerprint density at radius 2 is 2.27 bits per heavy atom. The van der Waals surface area contributed by atoms with Gasteiger partial charge in [-0.25, -0.2) is 0 Å². The summed E-state index contributed by atoms with van der Waals surface area (Å²) in [5, 5.41) is 9.29. The van der Waals surface area contributed by atoms with E-state index >= 15 is 0 Å². The molecular formula is C11H16ClNO2. The van der Waals surface area contributed by atoms with Crippen molar-refractivity contribution in [2.45, 2.75) is 19.4 Å². The number of halogens is 1. The monoisotopic (exact) mass is 229 g/mol. The van der Waals surface area contributed by atoms with Crippen LogP contribution in [-0.2, 0) is 0 Å². The summed E-state index contributed by atoms with van der Waals surface area (Å²) in [5.74, 6) is 0.739. The Kier molecular flexibility index (Phi) is 4.88. The molecule has 0 fully saturated rings. The van der Waals surface area contributed by atoms with Crippen LogP contribution in [0.15, 0.2) is 18.2 Å². The van der Waals surface area contributed by atoms with Gasteiger partial charge in [-0.05, 0) is 25.1 Å². The second-order valence-corrected chi connectivity index (χ2v) is 3.83. The molecule has 0 aliphatic carbocycles. The van der Waals surface area contributed by atoms with Crippen LogP contribution < -0.4 is 10.5 Å². The predicted octanol–water partition coefficient (Wildman–Crippen LogP) is 2.12. The van der Waals surface area contributed by atoms with E-state index in [0.717, 1.165) is 11.3 Å². The fraction of sp³-hybridized carbons (Fsp3) is 0.455. The van der Waals surface area contributed by atoms with Crippen LogP contribution in [0.2, 0.25) is 5.02 Å². The van der Waals surface area contributed by atoms with Crippen molar-refractivity contribution in [1.29, 1.82) is 0 Å². The molecule has 0 amide bonds. The largest absolute Gasteiger partial charge is 0.493 e. The van der Waals surface area contributed by atoms with Crippen LogP contribution in [0, 0.1) is 0 Å². The molecule has 0 radical (unpaired) electrons. The average Bonchev–Trinajstić information content (AvgIpc) is 2.20. The molecule has 1 unspecified atom stereocenters. The summed E-state index contributed by atoms with van der Waals surface area (Å²) in [6, 6.07) is 5.26. The molecule has 1 aromatic carbocycles. The molecule has 1 atom stereocenters. The van der Waals surface area contributed by atoms with Gasteiger partial charge in [-0.2, -0.15) is 0 Å². The Balaban J connectivity index is 2.77. The zero-order valence-corrected chi connectivity index (χ0v) is 9.50. The minimum absolute atomic E-state index is 0.118. The lowest BCUT2D eigenvalue weighted by atomic mass is 10.1. The molecule has 0 aliphatic rings. The van der Waals surface area contributed by atoms with Crippen LogP contribution in [0.4, 0.5) is 0 Å². The zero-order chi connectivity index (χ0) is 11.3. The van der Waals surface area contributed by atoms with Crippen molar-refractivity contribution in [2.75, 3.05) is 13.2 Å². The van der Waals surface area contributed by atoms with E-state index < -0.39 is 0 Å². The number of hydrogen-bond donors (Lipinski definition) is 2. The number of ether oxygens (including phenoxy) is 1. The fourth-order valence-corrected chi connectivity index (χ4v) is 1.43. The third kappa shape index (κ3) is 3.70. The molecule has 0 aliphatic heterocycles. The molecule has 15 heavy (non-hydrogen) atoms. The van der Waals surface area contributed by atoms with Gasteiger partial charge in [0.2, 0.25) is 0 Å². The third-order valence-electron chi connectivity index (χ3n) is 2.02. The van der Waals surface area contributed by atoms with Gasteiger partial charge in [0.25, 0.3) is 0 Å². The molecule has 3 N–H and O–H groups in total. The maximum Gasteiger partial charge on any atom is 0.124 e. The van der Waals surface area contributed by atoms with Gasteiger partial charge in [-0.1, -0.05) is 11.6 Å². The molecule has 0 aromatic heterocycles. The quantitative estimate of drug-likeness (QED) is 0.761. The van der Waals surface area contributed by atoms with Crippen molar-refractivity contribution >= 4 is 11.6 Å². The van der Waals surface area contributed by atoms with Gasteiger partial charge in [-0.15, -0.1) is 0 Å². The molecule has 3 nitrogen and oxygen atoms in total. The highest BCUT2D eigenvalue weighted by Crippen LogP contribution is 2.27. The molecule has 0 heterocycles. The van der Waals surface area contributed by atoms with Crippen LogP contribution in [-0.4, -0.2) is 18.3 Å². The molecule has 0 saturated heterocycles. The lowest BCUT2D eigenvalue weighted by molar-refractivity contribution is 0.232. The minimum Gasteiger partial charge on any atom is -0.493 e. The highest BCUT2D eigenvalue weighted by Gasteiger charge is 2.08. The first-order chi connectivity index (χ1) is 7.15. The Morgan fingerprint density at radius 1 is 1.53 bits per heavy atom.